The zero-order chi connectivity index (χ0) is 12.3. The van der Waals surface area contributed by atoms with E-state index in [2.05, 4.69) is 12.1 Å². The minimum absolute atomic E-state index is 0.150. The molecular weight excluding hydrogens is 210 g/mol. The number of hydrogen-bond acceptors (Lipinski definition) is 2. The Morgan fingerprint density at radius 1 is 1.35 bits per heavy atom. The van der Waals surface area contributed by atoms with Crippen LogP contribution in [0.15, 0.2) is 30.3 Å². The molecule has 2 rings (SSSR count). The van der Waals surface area contributed by atoms with Crippen LogP contribution in [0.5, 0.6) is 0 Å². The van der Waals surface area contributed by atoms with Gasteiger partial charge in [-0.15, -0.1) is 0 Å². The highest BCUT2D eigenvalue weighted by Crippen LogP contribution is 2.40. The second kappa shape index (κ2) is 5.13. The van der Waals surface area contributed by atoms with Gasteiger partial charge in [-0.1, -0.05) is 36.8 Å². The Labute approximate surface area is 102 Å². The third-order valence-electron chi connectivity index (χ3n) is 3.65. The molecule has 0 heterocycles. The normalized spacial score (nSPS) is 17.0. The van der Waals surface area contributed by atoms with Crippen molar-refractivity contribution >= 4 is 12.2 Å². The van der Waals surface area contributed by atoms with Gasteiger partial charge in [-0.05, 0) is 24.3 Å². The lowest BCUT2D eigenvalue weighted by Crippen LogP contribution is -2.36. The van der Waals surface area contributed by atoms with Crippen molar-refractivity contribution in [1.82, 2.24) is 4.90 Å². The van der Waals surface area contributed by atoms with Gasteiger partial charge < -0.3 is 4.90 Å². The summed E-state index contributed by atoms with van der Waals surface area (Å²) < 4.78 is 0. The van der Waals surface area contributed by atoms with Crippen LogP contribution >= 0.6 is 0 Å². The van der Waals surface area contributed by atoms with Gasteiger partial charge in [-0.3, -0.25) is 10.8 Å². The van der Waals surface area contributed by atoms with Gasteiger partial charge in [0.25, 0.3) is 0 Å². The molecule has 0 radical (unpaired) electrons. The van der Waals surface area contributed by atoms with E-state index in [9.17, 15) is 0 Å². The monoisotopic (exact) mass is 229 g/mol. The Hall–Kier alpha value is -1.64. The van der Waals surface area contributed by atoms with Crippen LogP contribution in [0.3, 0.4) is 0 Å². The van der Waals surface area contributed by atoms with E-state index in [1.54, 1.807) is 11.9 Å². The molecule has 1 fully saturated rings. The van der Waals surface area contributed by atoms with Crippen LogP contribution in [0.2, 0.25) is 0 Å². The molecule has 1 saturated carbocycles. The first kappa shape index (κ1) is 11.8. The Morgan fingerprint density at radius 3 is 2.47 bits per heavy atom. The molecule has 0 amide bonds. The van der Waals surface area contributed by atoms with Gasteiger partial charge in [0.05, 0.1) is 6.34 Å². The molecule has 0 bridgehead atoms. The molecular formula is C14H19N3. The summed E-state index contributed by atoms with van der Waals surface area (Å²) in [4.78, 5) is 1.61. The molecule has 3 nitrogen and oxygen atoms in total. The van der Waals surface area contributed by atoms with E-state index >= 15 is 0 Å². The van der Waals surface area contributed by atoms with Crippen molar-refractivity contribution in [2.75, 3.05) is 7.05 Å². The molecule has 3 heteroatoms. The average molecular weight is 229 g/mol. The van der Waals surface area contributed by atoms with Gasteiger partial charge in [0.2, 0.25) is 0 Å². The topological polar surface area (TPSA) is 50.9 Å². The largest absolute Gasteiger partial charge is 0.324 e. The molecule has 0 aromatic heterocycles. The zero-order valence-electron chi connectivity index (χ0n) is 10.2. The molecule has 2 N–H and O–H groups in total. The highest BCUT2D eigenvalue weighted by atomic mass is 15.1. The maximum Gasteiger partial charge on any atom is 0.109 e. The van der Waals surface area contributed by atoms with Crippen molar-refractivity contribution in [3.63, 3.8) is 0 Å². The summed E-state index contributed by atoms with van der Waals surface area (Å²) in [6.45, 7) is 0. The predicted molar refractivity (Wildman–Crippen MR) is 70.8 cm³/mol. The number of amidine groups is 1. The Bertz CT molecular complexity index is 395. The summed E-state index contributed by atoms with van der Waals surface area (Å²) in [6.07, 6.45) is 4.90. The second-order valence-electron chi connectivity index (χ2n) is 4.70. The summed E-state index contributed by atoms with van der Waals surface area (Å²) >= 11 is 0. The molecule has 0 saturated heterocycles. The summed E-state index contributed by atoms with van der Waals surface area (Å²) in [6, 6.07) is 10.2. The van der Waals surface area contributed by atoms with Gasteiger partial charge in [-0.25, -0.2) is 0 Å². The fourth-order valence-electron chi connectivity index (χ4n) is 2.38. The maximum atomic E-state index is 8.23. The molecule has 1 atom stereocenters. The van der Waals surface area contributed by atoms with Crippen LogP contribution in [0, 0.1) is 16.7 Å². The number of nitrogens with zero attached hydrogens (tertiary/aromatic N) is 1. The van der Waals surface area contributed by atoms with E-state index in [1.165, 1.54) is 31.2 Å². The van der Waals surface area contributed by atoms with Gasteiger partial charge in [-0.2, -0.15) is 0 Å². The van der Waals surface area contributed by atoms with E-state index < -0.39 is 0 Å². The fraction of sp³-hybridized carbons (Fsp3) is 0.429. The summed E-state index contributed by atoms with van der Waals surface area (Å²) in [5.74, 6) is 1.26. The van der Waals surface area contributed by atoms with Crippen molar-refractivity contribution in [3.8, 4) is 0 Å². The van der Waals surface area contributed by atoms with Crippen molar-refractivity contribution < 1.29 is 0 Å². The second-order valence-corrected chi connectivity index (χ2v) is 4.70. The Balaban J connectivity index is 2.25. The molecule has 1 aliphatic rings. The summed E-state index contributed by atoms with van der Waals surface area (Å²) in [5, 5.41) is 15.5. The standard InChI is InChI=1S/C14H19N3/c1-17(10-15)14(16)13(12-8-5-9-12)11-6-3-2-4-7-11/h2-4,6-7,10,12-13,15-16H,5,8-9H2,1H3. The highest BCUT2D eigenvalue weighted by Gasteiger charge is 2.32. The van der Waals surface area contributed by atoms with Crippen LogP contribution in [0.4, 0.5) is 0 Å². The lowest BCUT2D eigenvalue weighted by molar-refractivity contribution is 0.291. The van der Waals surface area contributed by atoms with Crippen LogP contribution in [-0.4, -0.2) is 24.1 Å². The van der Waals surface area contributed by atoms with Gasteiger partial charge in [0.1, 0.15) is 5.84 Å². The SMILES string of the molecule is CN(C=N)C(=N)C(c1ccccc1)C1CCC1. The third-order valence-corrected chi connectivity index (χ3v) is 3.65. The first-order valence-electron chi connectivity index (χ1n) is 6.11. The number of hydrogen-bond donors (Lipinski definition) is 2. The molecule has 1 aliphatic carbocycles. The molecule has 1 aromatic carbocycles. The van der Waals surface area contributed by atoms with Gasteiger partial charge >= 0.3 is 0 Å². The van der Waals surface area contributed by atoms with Crippen LogP contribution < -0.4 is 0 Å². The van der Waals surface area contributed by atoms with E-state index in [0.29, 0.717) is 11.8 Å². The van der Waals surface area contributed by atoms with Gasteiger partial charge in [0, 0.05) is 13.0 Å². The Morgan fingerprint density at radius 2 is 2.00 bits per heavy atom. The Kier molecular flexibility index (Phi) is 3.57. The van der Waals surface area contributed by atoms with Gasteiger partial charge in [0.15, 0.2) is 0 Å². The van der Waals surface area contributed by atoms with Crippen molar-refractivity contribution in [3.05, 3.63) is 35.9 Å². The van der Waals surface area contributed by atoms with Crippen molar-refractivity contribution in [1.29, 1.82) is 10.8 Å². The van der Waals surface area contributed by atoms with Crippen LogP contribution in [-0.2, 0) is 0 Å². The minimum atomic E-state index is 0.150. The number of rotatable bonds is 4. The molecule has 1 unspecified atom stereocenters. The number of benzene rings is 1. The van der Waals surface area contributed by atoms with E-state index in [0.717, 1.165) is 0 Å². The maximum absolute atomic E-state index is 8.23. The lowest BCUT2D eigenvalue weighted by Gasteiger charge is -2.36. The van der Waals surface area contributed by atoms with Crippen molar-refractivity contribution in [2.45, 2.75) is 25.2 Å². The van der Waals surface area contributed by atoms with Crippen molar-refractivity contribution in [2.24, 2.45) is 5.92 Å². The number of likely N-dealkylation sites (N-methyl/N-ethyl adjacent to an activating group) is 1. The number of nitrogens with one attached hydrogen (secondary N) is 2. The molecule has 90 valence electrons. The quantitative estimate of drug-likeness (QED) is 0.605. The zero-order valence-corrected chi connectivity index (χ0v) is 10.2. The minimum Gasteiger partial charge on any atom is -0.324 e. The molecule has 1 aromatic rings. The molecule has 0 spiro atoms. The average Bonchev–Trinajstić information content (AvgIpc) is 2.32. The predicted octanol–water partition coefficient (Wildman–Crippen LogP) is 3.09. The lowest BCUT2D eigenvalue weighted by atomic mass is 9.72. The molecule has 0 aliphatic heterocycles. The van der Waals surface area contributed by atoms with Crippen LogP contribution in [0.25, 0.3) is 0 Å². The smallest absolute Gasteiger partial charge is 0.109 e. The summed E-state index contributed by atoms with van der Waals surface area (Å²) in [7, 11) is 1.78. The van der Waals surface area contributed by atoms with E-state index in [-0.39, 0.29) is 5.92 Å². The van der Waals surface area contributed by atoms with E-state index in [4.69, 9.17) is 10.8 Å². The first-order chi connectivity index (χ1) is 8.24. The molecule has 17 heavy (non-hydrogen) atoms. The van der Waals surface area contributed by atoms with E-state index in [1.807, 2.05) is 18.2 Å². The summed E-state index contributed by atoms with van der Waals surface area (Å²) in [5.41, 5.74) is 1.20. The van der Waals surface area contributed by atoms with Crippen LogP contribution in [0.1, 0.15) is 30.7 Å². The third kappa shape index (κ3) is 2.38. The fourth-order valence-corrected chi connectivity index (χ4v) is 2.38. The highest BCUT2D eigenvalue weighted by molar-refractivity contribution is 5.93. The first-order valence-corrected chi connectivity index (χ1v) is 6.11.